The van der Waals surface area contributed by atoms with Crippen LogP contribution in [-0.4, -0.2) is 6.26 Å². The summed E-state index contributed by atoms with van der Waals surface area (Å²) in [6, 6.07) is 4.54. The van der Waals surface area contributed by atoms with Crippen molar-refractivity contribution in [2.24, 2.45) is 5.73 Å². The maximum Gasteiger partial charge on any atom is 0.0422 e. The molecule has 0 spiro atoms. The van der Waals surface area contributed by atoms with Crippen molar-refractivity contribution in [2.75, 3.05) is 6.26 Å². The second-order valence-corrected chi connectivity index (χ2v) is 5.14. The summed E-state index contributed by atoms with van der Waals surface area (Å²) in [6.07, 6.45) is 4.41. The van der Waals surface area contributed by atoms with Crippen LogP contribution in [0.5, 0.6) is 0 Å². The molecule has 0 heterocycles. The number of benzene rings is 1. The van der Waals surface area contributed by atoms with Crippen LogP contribution in [0.15, 0.2) is 17.0 Å². The highest BCUT2D eigenvalue weighted by Gasteiger charge is 2.41. The molecule has 1 fully saturated rings. The first-order chi connectivity index (χ1) is 6.57. The molecule has 0 amide bonds. The van der Waals surface area contributed by atoms with Crippen LogP contribution in [0.4, 0.5) is 0 Å². The molecule has 0 unspecified atom stereocenters. The first-order valence-corrected chi connectivity index (χ1v) is 6.24. The molecule has 1 aliphatic rings. The zero-order valence-corrected chi connectivity index (χ0v) is 9.87. The molecule has 14 heavy (non-hydrogen) atoms. The van der Waals surface area contributed by atoms with Crippen molar-refractivity contribution < 1.29 is 0 Å². The Morgan fingerprint density at radius 1 is 1.21 bits per heavy atom. The lowest BCUT2D eigenvalue weighted by Crippen LogP contribution is -2.20. The molecule has 1 aliphatic carbocycles. The van der Waals surface area contributed by atoms with Gasteiger partial charge in [-0.15, -0.1) is 11.8 Å². The lowest BCUT2D eigenvalue weighted by Gasteiger charge is -2.16. The Morgan fingerprint density at radius 3 is 2.29 bits per heavy atom. The van der Waals surface area contributed by atoms with Gasteiger partial charge in [0, 0.05) is 10.4 Å². The third-order valence-corrected chi connectivity index (χ3v) is 3.92. The summed E-state index contributed by atoms with van der Waals surface area (Å²) in [5.74, 6) is 0. The molecule has 1 aromatic rings. The Kier molecular flexibility index (Phi) is 2.36. The SMILES string of the molecule is CSc1cc(C)c(C)cc1C1(N)CC1. The highest BCUT2D eigenvalue weighted by Crippen LogP contribution is 2.46. The normalized spacial score (nSPS) is 18.3. The van der Waals surface area contributed by atoms with Gasteiger partial charge in [0.05, 0.1) is 0 Å². The maximum atomic E-state index is 6.25. The number of aryl methyl sites for hydroxylation is 2. The lowest BCUT2D eigenvalue weighted by atomic mass is 10.00. The first-order valence-electron chi connectivity index (χ1n) is 5.01. The average molecular weight is 207 g/mol. The molecule has 0 aliphatic heterocycles. The van der Waals surface area contributed by atoms with Crippen LogP contribution >= 0.6 is 11.8 Å². The van der Waals surface area contributed by atoms with Crippen molar-refractivity contribution in [3.63, 3.8) is 0 Å². The van der Waals surface area contributed by atoms with Crippen molar-refractivity contribution >= 4 is 11.8 Å². The summed E-state index contributed by atoms with van der Waals surface area (Å²) in [6.45, 7) is 4.32. The van der Waals surface area contributed by atoms with E-state index in [0.29, 0.717) is 0 Å². The monoisotopic (exact) mass is 207 g/mol. The molecule has 1 saturated carbocycles. The lowest BCUT2D eigenvalue weighted by molar-refractivity contribution is 0.720. The highest BCUT2D eigenvalue weighted by molar-refractivity contribution is 7.98. The molecular formula is C12H17NS. The summed E-state index contributed by atoms with van der Waals surface area (Å²) in [4.78, 5) is 1.35. The Morgan fingerprint density at radius 2 is 1.79 bits per heavy atom. The van der Waals surface area contributed by atoms with Crippen molar-refractivity contribution in [1.29, 1.82) is 0 Å². The largest absolute Gasteiger partial charge is 0.321 e. The van der Waals surface area contributed by atoms with Gasteiger partial charge in [0.15, 0.2) is 0 Å². The predicted molar refractivity (Wildman–Crippen MR) is 62.8 cm³/mol. The van der Waals surface area contributed by atoms with Gasteiger partial charge >= 0.3 is 0 Å². The van der Waals surface area contributed by atoms with Crippen LogP contribution in [0.1, 0.15) is 29.5 Å². The predicted octanol–water partition coefficient (Wildman–Crippen LogP) is 2.97. The van der Waals surface area contributed by atoms with Crippen LogP contribution in [0.3, 0.4) is 0 Å². The van der Waals surface area contributed by atoms with Gasteiger partial charge in [-0.2, -0.15) is 0 Å². The molecule has 0 atom stereocenters. The van der Waals surface area contributed by atoms with Crippen LogP contribution in [0.2, 0.25) is 0 Å². The number of hydrogen-bond donors (Lipinski definition) is 1. The standard InChI is InChI=1S/C12H17NS/c1-8-6-10(12(13)4-5-12)11(14-3)7-9(8)2/h6-7H,4-5,13H2,1-3H3. The van der Waals surface area contributed by atoms with E-state index >= 15 is 0 Å². The molecule has 0 radical (unpaired) electrons. The van der Waals surface area contributed by atoms with Crippen molar-refractivity contribution in [2.45, 2.75) is 37.1 Å². The van der Waals surface area contributed by atoms with E-state index in [9.17, 15) is 0 Å². The number of hydrogen-bond acceptors (Lipinski definition) is 2. The first kappa shape index (κ1) is 10.1. The van der Waals surface area contributed by atoms with E-state index in [1.165, 1.54) is 21.6 Å². The summed E-state index contributed by atoms with van der Waals surface area (Å²) >= 11 is 1.81. The van der Waals surface area contributed by atoms with Gasteiger partial charge in [-0.1, -0.05) is 6.07 Å². The Bertz CT molecular complexity index is 367. The molecule has 1 nitrogen and oxygen atoms in total. The zero-order valence-electron chi connectivity index (χ0n) is 9.05. The Labute approximate surface area is 90.1 Å². The van der Waals surface area contributed by atoms with Gasteiger partial charge in [0.25, 0.3) is 0 Å². The molecule has 2 N–H and O–H groups in total. The summed E-state index contributed by atoms with van der Waals surface area (Å²) < 4.78 is 0. The van der Waals surface area contributed by atoms with E-state index in [2.05, 4.69) is 32.2 Å². The molecule has 0 aromatic heterocycles. The third-order valence-electron chi connectivity index (χ3n) is 3.14. The quantitative estimate of drug-likeness (QED) is 0.754. The smallest absolute Gasteiger partial charge is 0.0422 e. The van der Waals surface area contributed by atoms with Gasteiger partial charge < -0.3 is 5.73 Å². The van der Waals surface area contributed by atoms with Crippen LogP contribution in [0.25, 0.3) is 0 Å². The van der Waals surface area contributed by atoms with E-state index in [1.54, 1.807) is 11.8 Å². The molecule has 0 saturated heterocycles. The van der Waals surface area contributed by atoms with Gasteiger partial charge in [-0.25, -0.2) is 0 Å². The van der Waals surface area contributed by atoms with Crippen LogP contribution in [0, 0.1) is 13.8 Å². The van der Waals surface area contributed by atoms with E-state index in [4.69, 9.17) is 5.73 Å². The second-order valence-electron chi connectivity index (χ2n) is 4.29. The minimum atomic E-state index is -0.00317. The fourth-order valence-electron chi connectivity index (χ4n) is 1.75. The topological polar surface area (TPSA) is 26.0 Å². The van der Waals surface area contributed by atoms with Gasteiger partial charge in [0.2, 0.25) is 0 Å². The van der Waals surface area contributed by atoms with E-state index < -0.39 is 0 Å². The fourth-order valence-corrected chi connectivity index (χ4v) is 2.53. The maximum absolute atomic E-state index is 6.25. The minimum Gasteiger partial charge on any atom is -0.321 e. The van der Waals surface area contributed by atoms with E-state index in [0.717, 1.165) is 12.8 Å². The Balaban J connectivity index is 2.52. The molecule has 76 valence electrons. The van der Waals surface area contributed by atoms with Gasteiger partial charge in [-0.3, -0.25) is 0 Å². The summed E-state index contributed by atoms with van der Waals surface area (Å²) in [7, 11) is 0. The van der Waals surface area contributed by atoms with Crippen LogP contribution in [-0.2, 0) is 5.54 Å². The number of rotatable bonds is 2. The molecule has 0 bridgehead atoms. The van der Waals surface area contributed by atoms with E-state index in [1.807, 2.05) is 0 Å². The molecule has 2 heteroatoms. The Hall–Kier alpha value is -0.470. The van der Waals surface area contributed by atoms with E-state index in [-0.39, 0.29) is 5.54 Å². The van der Waals surface area contributed by atoms with Crippen molar-refractivity contribution in [3.05, 3.63) is 28.8 Å². The third kappa shape index (κ3) is 1.57. The highest BCUT2D eigenvalue weighted by atomic mass is 32.2. The fraction of sp³-hybridized carbons (Fsp3) is 0.500. The summed E-state index contributed by atoms with van der Waals surface area (Å²) in [5, 5.41) is 0. The number of thioether (sulfide) groups is 1. The second kappa shape index (κ2) is 3.28. The number of nitrogens with two attached hydrogens (primary N) is 1. The van der Waals surface area contributed by atoms with Gasteiger partial charge in [0.1, 0.15) is 0 Å². The minimum absolute atomic E-state index is 0.00317. The van der Waals surface area contributed by atoms with Crippen LogP contribution < -0.4 is 5.73 Å². The van der Waals surface area contributed by atoms with Gasteiger partial charge in [-0.05, 0) is 55.7 Å². The van der Waals surface area contributed by atoms with Crippen molar-refractivity contribution in [3.8, 4) is 0 Å². The zero-order chi connectivity index (χ0) is 10.3. The summed E-state index contributed by atoms with van der Waals surface area (Å²) in [5.41, 5.74) is 10.3. The van der Waals surface area contributed by atoms with Crippen molar-refractivity contribution in [1.82, 2.24) is 0 Å². The molecule has 2 rings (SSSR count). The average Bonchev–Trinajstić information content (AvgIpc) is 2.89. The molecular weight excluding hydrogens is 190 g/mol. The molecule has 1 aromatic carbocycles.